The number of aromatic hydroxyl groups is 2. The maximum Gasteiger partial charge on any atom is 0.569 e. The van der Waals surface area contributed by atoms with Crippen LogP contribution in [0.25, 0.3) is 11.3 Å². The van der Waals surface area contributed by atoms with Crippen molar-refractivity contribution < 1.29 is 19.9 Å². The van der Waals surface area contributed by atoms with E-state index in [9.17, 15) is 0 Å². The van der Waals surface area contributed by atoms with Gasteiger partial charge in [-0.05, 0) is 48.5 Å². The zero-order valence-corrected chi connectivity index (χ0v) is 20.2. The molecule has 0 unspecified atom stereocenters. The van der Waals surface area contributed by atoms with Gasteiger partial charge in [0.1, 0.15) is 34.5 Å². The number of benzene rings is 2. The van der Waals surface area contributed by atoms with E-state index in [1.165, 1.54) is 24.5 Å². The highest BCUT2D eigenvalue weighted by atomic mass is 35.5. The van der Waals surface area contributed by atoms with E-state index in [0.29, 0.717) is 19.1 Å². The minimum atomic E-state index is 0.0370. The van der Waals surface area contributed by atoms with Crippen molar-refractivity contribution in [2.24, 2.45) is 0 Å². The number of phenolic OH excluding ortho intramolecular Hbond substituents is 2. The Morgan fingerprint density at radius 1 is 0.750 bits per heavy atom. The van der Waals surface area contributed by atoms with Gasteiger partial charge in [0.25, 0.3) is 0 Å². The first-order valence-electron chi connectivity index (χ1n) is 9.49. The summed E-state index contributed by atoms with van der Waals surface area (Å²) in [6.07, 6.45) is 2.74. The molecule has 179 valence electrons. The third kappa shape index (κ3) is 8.91. The SMILES string of the molecule is N#Cc1ncc(-c2ccc(O)cc2)nc1Cl.N#Cc1ncc(Cl)nc1Cl.O[B]Oc1ccc(O)cc1. The number of rotatable bonds is 3. The van der Waals surface area contributed by atoms with Crippen LogP contribution >= 0.6 is 34.8 Å². The molecule has 3 N–H and O–H groups in total. The fourth-order valence-electron chi connectivity index (χ4n) is 2.22. The highest BCUT2D eigenvalue weighted by Crippen LogP contribution is 2.21. The van der Waals surface area contributed by atoms with Gasteiger partial charge in [0.15, 0.2) is 21.7 Å². The quantitative estimate of drug-likeness (QED) is 0.317. The van der Waals surface area contributed by atoms with Gasteiger partial charge in [-0.3, -0.25) is 0 Å². The lowest BCUT2D eigenvalue weighted by Gasteiger charge is -2.01. The van der Waals surface area contributed by atoms with Crippen molar-refractivity contribution in [1.29, 1.82) is 10.5 Å². The molecular weight excluding hydrogens is 529 g/mol. The van der Waals surface area contributed by atoms with Gasteiger partial charge in [-0.15, -0.1) is 0 Å². The third-order valence-electron chi connectivity index (χ3n) is 3.83. The van der Waals surface area contributed by atoms with Crippen molar-refractivity contribution >= 4 is 42.5 Å². The van der Waals surface area contributed by atoms with E-state index < -0.39 is 0 Å². The van der Waals surface area contributed by atoms with Crippen LogP contribution in [-0.4, -0.2) is 42.9 Å². The van der Waals surface area contributed by atoms with Gasteiger partial charge in [0, 0.05) is 5.56 Å². The minimum absolute atomic E-state index is 0.0370. The first-order valence-corrected chi connectivity index (χ1v) is 10.6. The van der Waals surface area contributed by atoms with Crippen molar-refractivity contribution in [3.8, 4) is 40.6 Å². The zero-order valence-electron chi connectivity index (χ0n) is 17.9. The van der Waals surface area contributed by atoms with E-state index in [1.807, 2.05) is 6.07 Å². The second kappa shape index (κ2) is 14.3. The average molecular weight is 543 g/mol. The summed E-state index contributed by atoms with van der Waals surface area (Å²) in [7, 11) is 0.590. The van der Waals surface area contributed by atoms with E-state index in [2.05, 4.69) is 24.6 Å². The first-order chi connectivity index (χ1) is 17.3. The molecule has 10 nitrogen and oxygen atoms in total. The molecule has 0 aliphatic rings. The van der Waals surface area contributed by atoms with Crippen molar-refractivity contribution in [3.63, 3.8) is 0 Å². The number of phenols is 2. The summed E-state index contributed by atoms with van der Waals surface area (Å²) in [5.74, 6) is 0.835. The van der Waals surface area contributed by atoms with Crippen LogP contribution in [0, 0.1) is 22.7 Å². The van der Waals surface area contributed by atoms with Crippen LogP contribution in [0.15, 0.2) is 60.9 Å². The van der Waals surface area contributed by atoms with Gasteiger partial charge in [0.2, 0.25) is 0 Å². The Kier molecular flexibility index (Phi) is 11.2. The molecule has 0 spiro atoms. The fraction of sp³-hybridized carbons (Fsp3) is 0. The molecule has 1 radical (unpaired) electrons. The van der Waals surface area contributed by atoms with Crippen LogP contribution in [-0.2, 0) is 0 Å². The molecule has 0 bridgehead atoms. The van der Waals surface area contributed by atoms with Crippen molar-refractivity contribution in [2.75, 3.05) is 0 Å². The van der Waals surface area contributed by atoms with Crippen LogP contribution in [0.5, 0.6) is 17.2 Å². The molecule has 4 aromatic rings. The highest BCUT2D eigenvalue weighted by Gasteiger charge is 2.06. The van der Waals surface area contributed by atoms with E-state index >= 15 is 0 Å². The Morgan fingerprint density at radius 3 is 1.72 bits per heavy atom. The molecule has 0 aliphatic carbocycles. The molecule has 4 rings (SSSR count). The lowest BCUT2D eigenvalue weighted by atomic mass is 10.1. The molecule has 2 aromatic carbocycles. The van der Waals surface area contributed by atoms with E-state index in [-0.39, 0.29) is 38.3 Å². The molecule has 2 aromatic heterocycles. The van der Waals surface area contributed by atoms with Crippen LogP contribution in [0.1, 0.15) is 11.4 Å². The van der Waals surface area contributed by atoms with E-state index in [1.54, 1.807) is 42.5 Å². The molecule has 0 fully saturated rings. The standard InChI is InChI=1S/C11H6ClN3O.C6H6BO3.C5HCl2N3/c12-11-9(5-13)14-6-10(15-11)7-1-3-8(16)4-2-7;8-5-1-3-6(4-2-5)10-7-9;6-4-2-9-3(1-8)5(7)10-4/h1-4,6,16H;1-4,8-9H;2H. The molecule has 0 amide bonds. The summed E-state index contributed by atoms with van der Waals surface area (Å²) in [4.78, 5) is 15.1. The highest BCUT2D eigenvalue weighted by molar-refractivity contribution is 6.32. The minimum Gasteiger partial charge on any atom is -0.537 e. The molecule has 0 saturated heterocycles. The Labute approximate surface area is 220 Å². The second-order valence-electron chi connectivity index (χ2n) is 6.21. The Balaban J connectivity index is 0.000000200. The Morgan fingerprint density at radius 2 is 1.25 bits per heavy atom. The van der Waals surface area contributed by atoms with Gasteiger partial charge in [0.05, 0.1) is 18.1 Å². The summed E-state index contributed by atoms with van der Waals surface area (Å²) < 4.78 is 4.58. The Hall–Kier alpha value is -4.13. The maximum absolute atomic E-state index is 9.14. The van der Waals surface area contributed by atoms with Crippen LogP contribution < -0.4 is 4.65 Å². The monoisotopic (exact) mass is 541 g/mol. The van der Waals surface area contributed by atoms with Crippen molar-refractivity contribution in [1.82, 2.24) is 19.9 Å². The summed E-state index contributed by atoms with van der Waals surface area (Å²) >= 11 is 16.6. The third-order valence-corrected chi connectivity index (χ3v) is 4.54. The maximum atomic E-state index is 9.14. The lowest BCUT2D eigenvalue weighted by molar-refractivity contribution is 0.449. The van der Waals surface area contributed by atoms with E-state index in [0.717, 1.165) is 5.56 Å². The predicted octanol–water partition coefficient (Wildman–Crippen LogP) is 4.33. The smallest absolute Gasteiger partial charge is 0.537 e. The number of nitriles is 2. The summed E-state index contributed by atoms with van der Waals surface area (Å²) in [6.45, 7) is 0. The summed E-state index contributed by atoms with van der Waals surface area (Å²) in [6, 6.07) is 16.1. The van der Waals surface area contributed by atoms with Crippen LogP contribution in [0.4, 0.5) is 0 Å². The van der Waals surface area contributed by atoms with Gasteiger partial charge in [-0.2, -0.15) is 10.5 Å². The molecule has 2 heterocycles. The number of nitrogens with zero attached hydrogens (tertiary/aromatic N) is 6. The topological polar surface area (TPSA) is 169 Å². The van der Waals surface area contributed by atoms with Gasteiger partial charge < -0.3 is 19.9 Å². The van der Waals surface area contributed by atoms with Gasteiger partial charge in [-0.25, -0.2) is 19.9 Å². The average Bonchev–Trinajstić information content (AvgIpc) is 2.87. The van der Waals surface area contributed by atoms with Gasteiger partial charge in [-0.1, -0.05) is 34.8 Å². The zero-order chi connectivity index (χ0) is 26.5. The first kappa shape index (κ1) is 28.1. The normalized spacial score (nSPS) is 9.28. The van der Waals surface area contributed by atoms with Crippen LogP contribution in [0.3, 0.4) is 0 Å². The van der Waals surface area contributed by atoms with E-state index in [4.69, 9.17) is 60.6 Å². The fourth-order valence-corrected chi connectivity index (χ4v) is 2.76. The predicted molar refractivity (Wildman–Crippen MR) is 132 cm³/mol. The molecule has 0 saturated carbocycles. The molecular formula is C22H13BCl3N6O4. The molecule has 36 heavy (non-hydrogen) atoms. The number of hydrogen-bond acceptors (Lipinski definition) is 10. The largest absolute Gasteiger partial charge is 0.569 e. The van der Waals surface area contributed by atoms with Gasteiger partial charge >= 0.3 is 7.69 Å². The molecule has 0 atom stereocenters. The summed E-state index contributed by atoms with van der Waals surface area (Å²) in [5, 5.41) is 43.4. The number of aromatic nitrogens is 4. The molecule has 14 heteroatoms. The Bertz CT molecular complexity index is 1380. The number of hydrogen-bond donors (Lipinski definition) is 3. The molecule has 0 aliphatic heterocycles. The second-order valence-corrected chi connectivity index (χ2v) is 7.32. The van der Waals surface area contributed by atoms with Crippen molar-refractivity contribution in [2.45, 2.75) is 0 Å². The van der Waals surface area contributed by atoms with Crippen LogP contribution in [0.2, 0.25) is 15.5 Å². The van der Waals surface area contributed by atoms with Crippen molar-refractivity contribution in [3.05, 3.63) is 87.8 Å². The summed E-state index contributed by atoms with van der Waals surface area (Å²) in [5.41, 5.74) is 1.52. The number of halogens is 3. The lowest BCUT2D eigenvalue weighted by Crippen LogP contribution is -1.98.